The second-order valence-corrected chi connectivity index (χ2v) is 13.3. The minimum absolute atomic E-state index is 0.0851. The highest BCUT2D eigenvalue weighted by molar-refractivity contribution is 8.00. The van der Waals surface area contributed by atoms with Crippen molar-refractivity contribution in [3.8, 4) is 5.75 Å². The molecule has 234 valence electrons. The number of ether oxygens (including phenoxy) is 1. The van der Waals surface area contributed by atoms with Crippen molar-refractivity contribution < 1.29 is 23.8 Å². The summed E-state index contributed by atoms with van der Waals surface area (Å²) < 4.78 is 12.5. The first-order valence-electron chi connectivity index (χ1n) is 15.0. The molecule has 1 saturated heterocycles. The van der Waals surface area contributed by atoms with Gasteiger partial charge in [-0.15, -0.1) is 10.2 Å². The number of aliphatic hydroxyl groups excluding tert-OH is 1. The van der Waals surface area contributed by atoms with Gasteiger partial charge in [-0.05, 0) is 77.7 Å². The summed E-state index contributed by atoms with van der Waals surface area (Å²) >= 11 is 2.72. The Morgan fingerprint density at radius 2 is 1.64 bits per heavy atom. The van der Waals surface area contributed by atoms with Gasteiger partial charge in [0.1, 0.15) is 35.7 Å². The van der Waals surface area contributed by atoms with Crippen LogP contribution in [-0.2, 0) is 21.9 Å². The minimum Gasteiger partial charge on any atom is -0.507 e. The van der Waals surface area contributed by atoms with Gasteiger partial charge >= 0.3 is 5.91 Å². The molecule has 0 radical (unpaired) electrons. The van der Waals surface area contributed by atoms with Crippen LogP contribution in [0.1, 0.15) is 39.8 Å². The molecule has 8 nitrogen and oxygen atoms in total. The lowest BCUT2D eigenvalue weighted by Gasteiger charge is -2.20. The van der Waals surface area contributed by atoms with E-state index >= 15 is 0 Å². The summed E-state index contributed by atoms with van der Waals surface area (Å²) in [5, 5.41) is 22.7. The Morgan fingerprint density at radius 1 is 0.894 bits per heavy atom. The molecule has 1 aliphatic heterocycles. The number of hydrogen-bond donors (Lipinski definition) is 1. The molecule has 1 unspecified atom stereocenters. The molecule has 1 N–H and O–H groups in total. The van der Waals surface area contributed by atoms with Crippen molar-refractivity contribution in [1.29, 1.82) is 0 Å². The fourth-order valence-electron chi connectivity index (χ4n) is 5.61. The van der Waals surface area contributed by atoms with Gasteiger partial charge in [-0.1, -0.05) is 89.8 Å². The molecular formula is C37H29N3O5S2. The van der Waals surface area contributed by atoms with E-state index in [0.29, 0.717) is 39.5 Å². The van der Waals surface area contributed by atoms with Crippen LogP contribution in [0.5, 0.6) is 5.75 Å². The quantitative estimate of drug-likeness (QED) is 0.0542. The van der Waals surface area contributed by atoms with Crippen molar-refractivity contribution in [3.63, 3.8) is 0 Å². The molecule has 4 aromatic carbocycles. The summed E-state index contributed by atoms with van der Waals surface area (Å²) in [6, 6.07) is 31.6. The summed E-state index contributed by atoms with van der Waals surface area (Å²) in [6.07, 6.45) is 0. The van der Waals surface area contributed by atoms with Crippen LogP contribution in [0.3, 0.4) is 0 Å². The van der Waals surface area contributed by atoms with E-state index in [4.69, 9.17) is 9.15 Å². The van der Waals surface area contributed by atoms with Crippen molar-refractivity contribution in [3.05, 3.63) is 142 Å². The number of anilines is 1. The predicted octanol–water partition coefficient (Wildman–Crippen LogP) is 8.40. The molecular weight excluding hydrogens is 631 g/mol. The van der Waals surface area contributed by atoms with Gasteiger partial charge in [0.15, 0.2) is 4.34 Å². The number of aromatic nitrogens is 2. The average molecular weight is 660 g/mol. The molecule has 0 aliphatic carbocycles. The molecule has 0 saturated carbocycles. The van der Waals surface area contributed by atoms with Crippen molar-refractivity contribution >= 4 is 56.5 Å². The van der Waals surface area contributed by atoms with Crippen molar-refractivity contribution in [1.82, 2.24) is 10.2 Å². The van der Waals surface area contributed by atoms with Gasteiger partial charge < -0.3 is 14.3 Å². The Labute approximate surface area is 279 Å². The summed E-state index contributed by atoms with van der Waals surface area (Å²) in [7, 11) is 0. The number of benzene rings is 4. The van der Waals surface area contributed by atoms with Crippen LogP contribution >= 0.6 is 23.1 Å². The number of nitrogens with zero attached hydrogens (tertiary/aromatic N) is 3. The van der Waals surface area contributed by atoms with Crippen LogP contribution in [0.4, 0.5) is 5.13 Å². The third-order valence-electron chi connectivity index (χ3n) is 8.09. The molecule has 1 amide bonds. The number of aryl methyl sites for hydroxylation is 2. The molecule has 0 spiro atoms. The number of thioether (sulfide) groups is 1. The number of amides is 1. The normalized spacial score (nSPS) is 15.9. The average Bonchev–Trinajstić information content (AvgIpc) is 3.81. The van der Waals surface area contributed by atoms with Crippen LogP contribution in [-0.4, -0.2) is 27.0 Å². The first-order valence-corrected chi connectivity index (χ1v) is 16.8. The van der Waals surface area contributed by atoms with Crippen molar-refractivity contribution in [2.45, 2.75) is 36.6 Å². The highest BCUT2D eigenvalue weighted by atomic mass is 32.2. The molecule has 3 heterocycles. The molecule has 0 bridgehead atoms. The van der Waals surface area contributed by atoms with E-state index in [-0.39, 0.29) is 16.5 Å². The van der Waals surface area contributed by atoms with Gasteiger partial charge in [0.2, 0.25) is 5.13 Å². The molecule has 47 heavy (non-hydrogen) atoms. The smallest absolute Gasteiger partial charge is 0.302 e. The lowest BCUT2D eigenvalue weighted by atomic mass is 9.99. The fraction of sp³-hybridized carbons (Fsp3) is 0.135. The zero-order chi connectivity index (χ0) is 32.5. The highest BCUT2D eigenvalue weighted by Gasteiger charge is 2.49. The number of Topliss-reactive ketones (excluding diaryl/α,β-unsaturated/α-hetero) is 1. The van der Waals surface area contributed by atoms with E-state index in [1.807, 2.05) is 49.4 Å². The van der Waals surface area contributed by atoms with Gasteiger partial charge in [0.25, 0.3) is 5.78 Å². The van der Waals surface area contributed by atoms with Crippen molar-refractivity contribution in [2.75, 3.05) is 4.90 Å². The van der Waals surface area contributed by atoms with Crippen LogP contribution in [0.15, 0.2) is 117 Å². The van der Waals surface area contributed by atoms with Gasteiger partial charge in [0.05, 0.1) is 5.57 Å². The molecule has 2 aromatic heterocycles. The second kappa shape index (κ2) is 12.9. The minimum atomic E-state index is -1.02. The van der Waals surface area contributed by atoms with Gasteiger partial charge in [-0.3, -0.25) is 14.5 Å². The zero-order valence-electron chi connectivity index (χ0n) is 25.5. The standard InChI is InChI=1S/C37H29N3O5S2/c1-22-8-3-4-10-26(22)20-44-28-17-15-25(16-18-28)33(41)31-32(30-19-14-23(2)45-30)40(35(43)34(31)42)36-38-39-37(47-36)46-21-27-12-7-11-24-9-5-6-13-29(24)27/h3-19,32,41H,20-21H2,1-2H3/b33-31+. The van der Waals surface area contributed by atoms with Crippen LogP contribution in [0.2, 0.25) is 0 Å². The van der Waals surface area contributed by atoms with Gasteiger partial charge in [-0.25, -0.2) is 0 Å². The number of rotatable bonds is 9. The number of fused-ring (bicyclic) bond motifs is 1. The lowest BCUT2D eigenvalue weighted by molar-refractivity contribution is -0.132. The Morgan fingerprint density at radius 3 is 2.43 bits per heavy atom. The highest BCUT2D eigenvalue weighted by Crippen LogP contribution is 2.44. The van der Waals surface area contributed by atoms with E-state index in [1.165, 1.54) is 28.0 Å². The molecule has 1 atom stereocenters. The topological polar surface area (TPSA) is 106 Å². The van der Waals surface area contributed by atoms with Gasteiger partial charge in [0, 0.05) is 11.3 Å². The van der Waals surface area contributed by atoms with Crippen LogP contribution < -0.4 is 9.64 Å². The Kier molecular flexibility index (Phi) is 8.36. The Balaban J connectivity index is 1.16. The largest absolute Gasteiger partial charge is 0.507 e. The summed E-state index contributed by atoms with van der Waals surface area (Å²) in [4.78, 5) is 28.4. The van der Waals surface area contributed by atoms with Crippen molar-refractivity contribution in [2.24, 2.45) is 0 Å². The van der Waals surface area contributed by atoms with E-state index in [9.17, 15) is 14.7 Å². The van der Waals surface area contributed by atoms with E-state index in [1.54, 1.807) is 43.3 Å². The summed E-state index contributed by atoms with van der Waals surface area (Å²) in [5.41, 5.74) is 3.63. The fourth-order valence-corrected chi connectivity index (χ4v) is 7.48. The summed E-state index contributed by atoms with van der Waals surface area (Å²) in [6.45, 7) is 4.20. The zero-order valence-corrected chi connectivity index (χ0v) is 27.2. The lowest BCUT2D eigenvalue weighted by Crippen LogP contribution is -2.29. The first kappa shape index (κ1) is 30.5. The Hall–Kier alpha value is -5.19. The SMILES string of the molecule is Cc1ccc(C2/C(=C(\O)c3ccc(OCc4ccccc4C)cc3)C(=O)C(=O)N2c2nnc(SCc3cccc4ccccc34)s2)o1. The maximum absolute atomic E-state index is 13.6. The number of furan rings is 1. The molecule has 6 aromatic rings. The Bertz CT molecular complexity index is 2150. The number of ketones is 1. The van der Waals surface area contributed by atoms with E-state index in [0.717, 1.165) is 27.5 Å². The number of hydrogen-bond acceptors (Lipinski definition) is 9. The molecule has 7 rings (SSSR count). The molecule has 10 heteroatoms. The van der Waals surface area contributed by atoms with Crippen LogP contribution in [0, 0.1) is 13.8 Å². The predicted molar refractivity (Wildman–Crippen MR) is 184 cm³/mol. The summed E-state index contributed by atoms with van der Waals surface area (Å²) in [5.74, 6) is 0.231. The number of carbonyl (C=O) groups is 2. The molecule has 1 aliphatic rings. The first-order chi connectivity index (χ1) is 22.9. The molecule has 1 fully saturated rings. The van der Waals surface area contributed by atoms with Crippen LogP contribution in [0.25, 0.3) is 16.5 Å². The third-order valence-corrected chi connectivity index (χ3v) is 10.2. The second-order valence-electron chi connectivity index (χ2n) is 11.1. The van der Waals surface area contributed by atoms with E-state index < -0.39 is 17.7 Å². The number of aliphatic hydroxyl groups is 1. The van der Waals surface area contributed by atoms with E-state index in [2.05, 4.69) is 34.5 Å². The number of carbonyl (C=O) groups excluding carboxylic acids is 2. The maximum atomic E-state index is 13.6. The monoisotopic (exact) mass is 659 g/mol. The maximum Gasteiger partial charge on any atom is 0.302 e. The third kappa shape index (κ3) is 6.05. The van der Waals surface area contributed by atoms with Gasteiger partial charge in [-0.2, -0.15) is 0 Å².